The fourth-order valence-electron chi connectivity index (χ4n) is 5.95. The highest BCUT2D eigenvalue weighted by Gasteiger charge is 2.47. The molecule has 4 bridgehead atoms. The summed E-state index contributed by atoms with van der Waals surface area (Å²) < 4.78 is 0. The number of hydrogen-bond acceptors (Lipinski definition) is 2. The normalized spacial score (nSPS) is 32.4. The Kier molecular flexibility index (Phi) is 11.0. The maximum absolute atomic E-state index is 3.93. The molecule has 0 heterocycles. The molecule has 4 aliphatic rings. The van der Waals surface area contributed by atoms with Crippen LogP contribution in [0.1, 0.15) is 72.6 Å². The van der Waals surface area contributed by atoms with Crippen LogP contribution in [0.15, 0.2) is 23.3 Å². The lowest BCUT2D eigenvalue weighted by molar-refractivity contribution is -0.0133. The van der Waals surface area contributed by atoms with Crippen molar-refractivity contribution >= 4 is 24.8 Å². The maximum Gasteiger partial charge on any atom is 0.0224 e. The van der Waals surface area contributed by atoms with Crippen molar-refractivity contribution in [2.75, 3.05) is 13.1 Å². The van der Waals surface area contributed by atoms with Crippen molar-refractivity contribution < 1.29 is 0 Å². The van der Waals surface area contributed by atoms with Gasteiger partial charge in [0.15, 0.2) is 0 Å². The lowest BCUT2D eigenvalue weighted by Crippen LogP contribution is -2.55. The highest BCUT2D eigenvalue weighted by molar-refractivity contribution is 5.85. The predicted octanol–water partition coefficient (Wildman–Crippen LogP) is 5.92. The van der Waals surface area contributed by atoms with E-state index in [1.54, 1.807) is 6.42 Å². The van der Waals surface area contributed by atoms with E-state index in [-0.39, 0.29) is 24.8 Å². The molecule has 4 saturated carbocycles. The summed E-state index contributed by atoms with van der Waals surface area (Å²) in [5.74, 6) is 4.15. The molecule has 4 fully saturated rings. The van der Waals surface area contributed by atoms with Gasteiger partial charge in [-0.15, -0.1) is 24.8 Å². The number of allylic oxidation sites excluding steroid dienone is 3. The van der Waals surface area contributed by atoms with E-state index < -0.39 is 0 Å². The molecule has 4 aliphatic carbocycles. The minimum Gasteiger partial charge on any atom is -0.312 e. The molecule has 0 aromatic carbocycles. The fraction of sp³-hybridized carbons (Fsp3) is 0.826. The smallest absolute Gasteiger partial charge is 0.0224 e. The summed E-state index contributed by atoms with van der Waals surface area (Å²) in [5, 5.41) is 7.61. The summed E-state index contributed by atoms with van der Waals surface area (Å²) in [6.45, 7) is 11.1. The van der Waals surface area contributed by atoms with Crippen LogP contribution >= 0.6 is 24.8 Å². The lowest BCUT2D eigenvalue weighted by Gasteiger charge is -2.54. The SMILES string of the molecule is CC(C)=CCC/C(C)=C/C(C)NCCNC1C2CC3CC(C2)CC1C3.Cl.Cl. The Balaban J connectivity index is 0.00000182. The molecule has 2 N–H and O–H groups in total. The molecule has 4 rings (SSSR count). The third kappa shape index (κ3) is 7.38. The van der Waals surface area contributed by atoms with E-state index >= 15 is 0 Å². The second-order valence-electron chi connectivity index (χ2n) is 9.49. The van der Waals surface area contributed by atoms with Crippen molar-refractivity contribution in [3.05, 3.63) is 23.3 Å². The average molecular weight is 418 g/mol. The van der Waals surface area contributed by atoms with E-state index in [1.807, 2.05) is 0 Å². The number of halogens is 2. The second-order valence-corrected chi connectivity index (χ2v) is 9.49. The molecule has 0 aliphatic heterocycles. The zero-order valence-corrected chi connectivity index (χ0v) is 19.4. The Hall–Kier alpha value is -0.0200. The predicted molar refractivity (Wildman–Crippen MR) is 123 cm³/mol. The first-order valence-corrected chi connectivity index (χ1v) is 10.8. The minimum absolute atomic E-state index is 0. The molecule has 1 atom stereocenters. The van der Waals surface area contributed by atoms with E-state index in [4.69, 9.17) is 0 Å². The number of nitrogens with one attached hydrogen (secondary N) is 2. The van der Waals surface area contributed by atoms with Gasteiger partial charge in [-0.3, -0.25) is 0 Å². The Morgan fingerprint density at radius 2 is 1.52 bits per heavy atom. The molecule has 0 aromatic heterocycles. The molecule has 2 nitrogen and oxygen atoms in total. The van der Waals surface area contributed by atoms with Crippen LogP contribution < -0.4 is 10.6 Å². The van der Waals surface area contributed by atoms with E-state index in [1.165, 1.54) is 49.7 Å². The number of rotatable bonds is 9. The summed E-state index contributed by atoms with van der Waals surface area (Å²) in [6, 6.07) is 1.30. The molecular formula is C23H42Cl2N2. The second kappa shape index (κ2) is 11.9. The van der Waals surface area contributed by atoms with Crippen LogP contribution in [-0.2, 0) is 0 Å². The van der Waals surface area contributed by atoms with Crippen LogP contribution in [0.5, 0.6) is 0 Å². The van der Waals surface area contributed by atoms with Crippen molar-refractivity contribution in [2.45, 2.75) is 84.7 Å². The minimum atomic E-state index is 0. The van der Waals surface area contributed by atoms with Gasteiger partial charge in [0, 0.05) is 25.2 Å². The summed E-state index contributed by atoms with van der Waals surface area (Å²) >= 11 is 0. The summed E-state index contributed by atoms with van der Waals surface area (Å²) in [7, 11) is 0. The summed E-state index contributed by atoms with van der Waals surface area (Å²) in [6.07, 6.45) is 14.7. The van der Waals surface area contributed by atoms with Gasteiger partial charge in [-0.1, -0.05) is 23.3 Å². The van der Waals surface area contributed by atoms with Crippen molar-refractivity contribution in [1.29, 1.82) is 0 Å². The van der Waals surface area contributed by atoms with Crippen LogP contribution in [0.25, 0.3) is 0 Å². The van der Waals surface area contributed by atoms with Crippen LogP contribution in [-0.4, -0.2) is 25.2 Å². The summed E-state index contributed by atoms with van der Waals surface area (Å²) in [4.78, 5) is 0. The van der Waals surface area contributed by atoms with Gasteiger partial charge in [-0.25, -0.2) is 0 Å². The van der Waals surface area contributed by atoms with Crippen molar-refractivity contribution in [1.82, 2.24) is 10.6 Å². The van der Waals surface area contributed by atoms with Gasteiger partial charge >= 0.3 is 0 Å². The first-order valence-electron chi connectivity index (χ1n) is 10.8. The Morgan fingerprint density at radius 1 is 0.926 bits per heavy atom. The standard InChI is InChI=1S/C23H40N2.2ClH/c1-16(2)6-5-7-17(3)10-18(4)24-8-9-25-23-21-12-19-11-20(14-21)15-22(23)13-19;;/h6,10,18-25H,5,7-9,11-15H2,1-4H3;2*1H/b17-10+;;. The molecular weight excluding hydrogens is 375 g/mol. The van der Waals surface area contributed by atoms with Gasteiger partial charge in [0.05, 0.1) is 0 Å². The van der Waals surface area contributed by atoms with Gasteiger partial charge in [-0.2, -0.15) is 0 Å². The van der Waals surface area contributed by atoms with E-state index in [0.717, 1.165) is 42.8 Å². The van der Waals surface area contributed by atoms with Gasteiger partial charge < -0.3 is 10.6 Å². The summed E-state index contributed by atoms with van der Waals surface area (Å²) in [5.41, 5.74) is 2.93. The van der Waals surface area contributed by atoms with Gasteiger partial charge in [-0.05, 0) is 96.3 Å². The molecule has 0 radical (unpaired) electrons. The maximum atomic E-state index is 3.93. The van der Waals surface area contributed by atoms with E-state index in [2.05, 4.69) is 50.5 Å². The van der Waals surface area contributed by atoms with Crippen LogP contribution in [0.4, 0.5) is 0 Å². The first-order chi connectivity index (χ1) is 12.0. The highest BCUT2D eigenvalue weighted by Crippen LogP contribution is 2.53. The molecule has 1 unspecified atom stereocenters. The van der Waals surface area contributed by atoms with Crippen molar-refractivity contribution in [2.24, 2.45) is 23.7 Å². The van der Waals surface area contributed by atoms with Crippen LogP contribution in [0.2, 0.25) is 0 Å². The molecule has 0 saturated heterocycles. The Labute approximate surface area is 180 Å². The zero-order chi connectivity index (χ0) is 17.8. The Morgan fingerprint density at radius 3 is 2.07 bits per heavy atom. The van der Waals surface area contributed by atoms with Gasteiger partial charge in [0.25, 0.3) is 0 Å². The van der Waals surface area contributed by atoms with E-state index in [9.17, 15) is 0 Å². The first kappa shape index (κ1) is 25.0. The molecule has 4 heteroatoms. The topological polar surface area (TPSA) is 24.1 Å². The molecule has 0 amide bonds. The third-order valence-corrected chi connectivity index (χ3v) is 6.82. The molecule has 0 aromatic rings. The van der Waals surface area contributed by atoms with E-state index in [0.29, 0.717) is 6.04 Å². The molecule has 0 spiro atoms. The average Bonchev–Trinajstić information content (AvgIpc) is 2.52. The van der Waals surface area contributed by atoms with Crippen LogP contribution in [0.3, 0.4) is 0 Å². The monoisotopic (exact) mass is 416 g/mol. The van der Waals surface area contributed by atoms with Crippen molar-refractivity contribution in [3.63, 3.8) is 0 Å². The van der Waals surface area contributed by atoms with Gasteiger partial charge in [0.1, 0.15) is 0 Å². The number of hydrogen-bond donors (Lipinski definition) is 2. The van der Waals surface area contributed by atoms with Gasteiger partial charge in [0.2, 0.25) is 0 Å². The third-order valence-electron chi connectivity index (χ3n) is 6.82. The lowest BCUT2D eigenvalue weighted by atomic mass is 9.54. The molecule has 158 valence electrons. The highest BCUT2D eigenvalue weighted by atomic mass is 35.5. The molecule has 27 heavy (non-hydrogen) atoms. The zero-order valence-electron chi connectivity index (χ0n) is 17.8. The fourth-order valence-corrected chi connectivity index (χ4v) is 5.95. The Bertz CT molecular complexity index is 469. The van der Waals surface area contributed by atoms with Crippen molar-refractivity contribution in [3.8, 4) is 0 Å². The van der Waals surface area contributed by atoms with Crippen LogP contribution in [0, 0.1) is 23.7 Å². The quantitative estimate of drug-likeness (QED) is 0.360. The largest absolute Gasteiger partial charge is 0.312 e.